The number of carbonyl (C=O) groups excluding carboxylic acids is 2. The van der Waals surface area contributed by atoms with E-state index < -0.39 is 40.9 Å². The van der Waals surface area contributed by atoms with Crippen molar-refractivity contribution in [2.24, 2.45) is 7.05 Å². The molecule has 0 bridgehead atoms. The van der Waals surface area contributed by atoms with Gasteiger partial charge in [-0.25, -0.2) is 4.79 Å². The molecule has 0 aliphatic carbocycles. The van der Waals surface area contributed by atoms with Gasteiger partial charge in [0.25, 0.3) is 5.56 Å². The first-order valence-electron chi connectivity index (χ1n) is 16.4. The smallest absolute Gasteiger partial charge is 0.416 e. The van der Waals surface area contributed by atoms with E-state index in [9.17, 15) is 27.6 Å². The van der Waals surface area contributed by atoms with Gasteiger partial charge in [-0.2, -0.15) is 27.8 Å². The number of fused-ring (bicyclic) bond motifs is 4. The highest BCUT2D eigenvalue weighted by atomic mass is 35.5. The van der Waals surface area contributed by atoms with Crippen molar-refractivity contribution in [3.8, 4) is 11.4 Å². The summed E-state index contributed by atoms with van der Waals surface area (Å²) in [6.45, 7) is 8.50. The van der Waals surface area contributed by atoms with E-state index in [0.717, 1.165) is 29.1 Å². The van der Waals surface area contributed by atoms with Crippen LogP contribution in [0.15, 0.2) is 47.4 Å². The van der Waals surface area contributed by atoms with Crippen LogP contribution in [0, 0.1) is 0 Å². The van der Waals surface area contributed by atoms with Crippen molar-refractivity contribution in [1.29, 1.82) is 0 Å². The maximum absolute atomic E-state index is 14.4. The number of alkyl halides is 3. The summed E-state index contributed by atoms with van der Waals surface area (Å²) in [4.78, 5) is 49.5. The monoisotopic (exact) mass is 725 g/mol. The third kappa shape index (κ3) is 6.25. The van der Waals surface area contributed by atoms with Crippen molar-refractivity contribution in [3.63, 3.8) is 0 Å². The summed E-state index contributed by atoms with van der Waals surface area (Å²) in [6, 6.07) is 7.36. The van der Waals surface area contributed by atoms with Crippen molar-refractivity contribution >= 4 is 51.7 Å². The lowest BCUT2D eigenvalue weighted by molar-refractivity contribution is -0.137. The molecule has 1 N–H and O–H groups in total. The van der Waals surface area contributed by atoms with Crippen LogP contribution in [0.2, 0.25) is 5.02 Å². The van der Waals surface area contributed by atoms with Crippen molar-refractivity contribution in [2.75, 3.05) is 36.4 Å². The largest absolute Gasteiger partial charge is 0.444 e. The molecule has 2 aliphatic heterocycles. The fourth-order valence-electron chi connectivity index (χ4n) is 6.75. The van der Waals surface area contributed by atoms with Gasteiger partial charge in [0.1, 0.15) is 17.3 Å². The first-order chi connectivity index (χ1) is 24.0. The first-order valence-corrected chi connectivity index (χ1v) is 16.8. The van der Waals surface area contributed by atoms with Crippen molar-refractivity contribution in [3.05, 3.63) is 69.2 Å². The van der Waals surface area contributed by atoms with E-state index in [2.05, 4.69) is 15.5 Å². The second-order valence-corrected chi connectivity index (χ2v) is 14.3. The van der Waals surface area contributed by atoms with Crippen LogP contribution >= 0.6 is 11.6 Å². The molecule has 2 aliphatic rings. The number of ether oxygens (including phenoxy) is 1. The quantitative estimate of drug-likeness (QED) is 0.244. The lowest BCUT2D eigenvalue weighted by atomic mass is 10.0. The Hall–Kier alpha value is -5.12. The number of hydrogen-bond acceptors (Lipinski definition) is 8. The molecule has 1 fully saturated rings. The number of amides is 2. The third-order valence-corrected chi connectivity index (χ3v) is 9.48. The van der Waals surface area contributed by atoms with E-state index in [1.807, 2.05) is 37.1 Å². The molecule has 51 heavy (non-hydrogen) atoms. The van der Waals surface area contributed by atoms with Gasteiger partial charge in [0.2, 0.25) is 11.7 Å². The Morgan fingerprint density at radius 1 is 1.04 bits per heavy atom. The van der Waals surface area contributed by atoms with Crippen LogP contribution in [0.3, 0.4) is 0 Å². The Morgan fingerprint density at radius 3 is 2.43 bits per heavy atom. The standard InChI is InChI=1S/C34H35ClF3N9O4/c1-18-14-25(29(48)40-23-8-7-21(16-22(23)35)34(36,37)38)46-26(18)27(44-10-12-45(13-11-44)32(50)51-33(2,3)4)30(49)47-31(46)41-28(42-47)19-6-9-24-20(15-19)17-39-43(24)5/h6-9,15-18,25H,10-14H2,1-5H3,(H,40,48)/t18-,25-/m0/s1. The lowest BCUT2D eigenvalue weighted by Crippen LogP contribution is -2.51. The number of halogens is 4. The average Bonchev–Trinajstić information content (AvgIpc) is 3.76. The van der Waals surface area contributed by atoms with Gasteiger partial charge in [-0.05, 0) is 63.6 Å². The molecule has 7 rings (SSSR count). The van der Waals surface area contributed by atoms with Gasteiger partial charge in [-0.1, -0.05) is 18.5 Å². The van der Waals surface area contributed by atoms with Crippen LogP contribution < -0.4 is 15.8 Å². The number of nitrogens with one attached hydrogen (secondary N) is 1. The summed E-state index contributed by atoms with van der Waals surface area (Å²) in [5, 5.41) is 12.2. The fourth-order valence-corrected chi connectivity index (χ4v) is 6.98. The van der Waals surface area contributed by atoms with Gasteiger partial charge < -0.3 is 19.9 Å². The highest BCUT2D eigenvalue weighted by molar-refractivity contribution is 6.33. The van der Waals surface area contributed by atoms with Crippen LogP contribution in [0.25, 0.3) is 28.1 Å². The zero-order valence-corrected chi connectivity index (χ0v) is 29.2. The molecule has 1 saturated heterocycles. The van der Waals surface area contributed by atoms with Crippen molar-refractivity contribution < 1.29 is 27.5 Å². The summed E-state index contributed by atoms with van der Waals surface area (Å²) < 4.78 is 50.0. The number of rotatable bonds is 4. The normalized spacial score (nSPS) is 18.1. The third-order valence-electron chi connectivity index (χ3n) is 9.17. The first kappa shape index (κ1) is 34.3. The number of hydrogen-bond donors (Lipinski definition) is 1. The summed E-state index contributed by atoms with van der Waals surface area (Å²) in [6.07, 6.45) is -3.08. The van der Waals surface area contributed by atoms with E-state index in [0.29, 0.717) is 43.1 Å². The molecule has 2 atom stereocenters. The van der Waals surface area contributed by atoms with Gasteiger partial charge in [0, 0.05) is 50.1 Å². The minimum Gasteiger partial charge on any atom is -0.444 e. The molecular formula is C34H35ClF3N9O4. The predicted octanol–water partition coefficient (Wildman–Crippen LogP) is 5.86. The Balaban J connectivity index is 1.31. The SMILES string of the molecule is C[C@H]1C[C@@H](C(=O)Nc2ccc(C(F)(F)F)cc2Cl)n2c1c(N1CCN(C(=O)OC(C)(C)C)CC1)c(=O)n1nc(-c3ccc4c(cnn4C)c3)nc21. The second kappa shape index (κ2) is 12.3. The van der Waals surface area contributed by atoms with Crippen molar-refractivity contribution in [1.82, 2.24) is 33.8 Å². The Morgan fingerprint density at radius 2 is 1.76 bits per heavy atom. The predicted molar refractivity (Wildman–Crippen MR) is 184 cm³/mol. The highest BCUT2D eigenvalue weighted by Gasteiger charge is 2.41. The number of carbonyl (C=O) groups is 2. The molecular weight excluding hydrogens is 691 g/mol. The van der Waals surface area contributed by atoms with Gasteiger partial charge >= 0.3 is 12.3 Å². The number of piperazine rings is 1. The summed E-state index contributed by atoms with van der Waals surface area (Å²) in [7, 11) is 1.83. The number of anilines is 2. The summed E-state index contributed by atoms with van der Waals surface area (Å²) in [5.41, 5.74) is 0.397. The Labute approximate surface area is 294 Å². The zero-order chi connectivity index (χ0) is 36.6. The molecule has 0 radical (unpaired) electrons. The number of aryl methyl sites for hydroxylation is 1. The van der Waals surface area contributed by atoms with Gasteiger partial charge in [0.15, 0.2) is 5.82 Å². The maximum Gasteiger partial charge on any atom is 0.416 e. The van der Waals surface area contributed by atoms with Crippen molar-refractivity contribution in [2.45, 2.75) is 57.9 Å². The molecule has 5 aromatic rings. The van der Waals surface area contributed by atoms with Gasteiger partial charge in [0.05, 0.1) is 33.7 Å². The Kier molecular flexibility index (Phi) is 8.27. The van der Waals surface area contributed by atoms with Crippen LogP contribution in [0.5, 0.6) is 0 Å². The minimum atomic E-state index is -4.61. The molecule has 2 amide bonds. The summed E-state index contributed by atoms with van der Waals surface area (Å²) in [5.74, 6) is -0.471. The molecule has 0 saturated carbocycles. The average molecular weight is 726 g/mol. The van der Waals surface area contributed by atoms with E-state index in [1.54, 1.807) is 41.1 Å². The topological polar surface area (TPSA) is 132 Å². The second-order valence-electron chi connectivity index (χ2n) is 13.9. The number of aromatic nitrogens is 6. The van der Waals surface area contributed by atoms with E-state index >= 15 is 0 Å². The molecule has 17 heteroatoms. The number of benzene rings is 2. The molecule has 3 aromatic heterocycles. The van der Waals surface area contributed by atoms with Gasteiger partial charge in [-0.15, -0.1) is 5.10 Å². The molecule has 0 unspecified atom stereocenters. The fraction of sp³-hybridized carbons (Fsp3) is 0.412. The van der Waals surface area contributed by atoms with Gasteiger partial charge in [-0.3, -0.25) is 18.8 Å². The molecule has 268 valence electrons. The molecule has 0 spiro atoms. The minimum absolute atomic E-state index is 0.0123. The van der Waals surface area contributed by atoms with E-state index in [-0.39, 0.29) is 34.7 Å². The van der Waals surface area contributed by atoms with E-state index in [4.69, 9.17) is 21.3 Å². The molecule has 5 heterocycles. The zero-order valence-electron chi connectivity index (χ0n) is 28.5. The van der Waals surface area contributed by atoms with Crippen LogP contribution in [-0.2, 0) is 22.8 Å². The molecule has 13 nitrogen and oxygen atoms in total. The van der Waals surface area contributed by atoms with E-state index in [1.165, 1.54) is 4.52 Å². The maximum atomic E-state index is 14.4. The highest BCUT2D eigenvalue weighted by Crippen LogP contribution is 2.42. The Bertz CT molecular complexity index is 2270. The summed E-state index contributed by atoms with van der Waals surface area (Å²) >= 11 is 6.20. The van der Waals surface area contributed by atoms with Crippen LogP contribution in [0.4, 0.5) is 29.3 Å². The van der Waals surface area contributed by atoms with Crippen LogP contribution in [0.1, 0.15) is 57.3 Å². The molecule has 2 aromatic carbocycles. The number of nitrogens with zero attached hydrogens (tertiary/aromatic N) is 8. The lowest BCUT2D eigenvalue weighted by Gasteiger charge is -2.37. The van der Waals surface area contributed by atoms with Crippen LogP contribution in [-0.4, -0.2) is 77.6 Å².